The van der Waals surface area contributed by atoms with Crippen LogP contribution in [-0.2, 0) is 0 Å². The van der Waals surface area contributed by atoms with Gasteiger partial charge in [-0.3, -0.25) is 0 Å². The van der Waals surface area contributed by atoms with Crippen LogP contribution in [0.2, 0.25) is 0 Å². The number of ether oxygens (including phenoxy) is 1. The average molecular weight is 287 g/mol. The molecule has 0 aromatic heterocycles. The molecule has 1 heterocycles. The molecule has 0 saturated heterocycles. The van der Waals surface area contributed by atoms with Gasteiger partial charge in [-0.1, -0.05) is 0 Å². The third-order valence-corrected chi connectivity index (χ3v) is 3.01. The van der Waals surface area contributed by atoms with Crippen molar-refractivity contribution in [2.24, 2.45) is 0 Å². The summed E-state index contributed by atoms with van der Waals surface area (Å²) in [6, 6.07) is 8.19. The highest BCUT2D eigenvalue weighted by Crippen LogP contribution is 2.35. The minimum Gasteiger partial charge on any atom is -0.450 e. The van der Waals surface area contributed by atoms with Gasteiger partial charge in [0.15, 0.2) is 12.4 Å². The first kappa shape index (κ1) is 13.3. The number of hydrogen-bond acceptors (Lipinski definition) is 2. The van der Waals surface area contributed by atoms with Crippen molar-refractivity contribution in [3.63, 3.8) is 0 Å². The number of nitrogens with zero attached hydrogens (tertiary/aromatic N) is 1. The largest absolute Gasteiger partial charge is 0.450 e. The van der Waals surface area contributed by atoms with Gasteiger partial charge in [-0.2, -0.15) is 4.58 Å². The van der Waals surface area contributed by atoms with Gasteiger partial charge in [0.2, 0.25) is 5.75 Å². The van der Waals surface area contributed by atoms with E-state index in [-0.39, 0.29) is 5.75 Å². The molecule has 1 aliphatic rings. The van der Waals surface area contributed by atoms with Crippen molar-refractivity contribution in [1.29, 1.82) is 0 Å². The maximum absolute atomic E-state index is 13.2. The Hall–Kier alpha value is -2.69. The lowest BCUT2D eigenvalue weighted by atomic mass is 10.2. The minimum absolute atomic E-state index is 0.0839. The van der Waals surface area contributed by atoms with E-state index in [1.807, 2.05) is 23.9 Å². The van der Waals surface area contributed by atoms with Crippen LogP contribution < -0.4 is 10.5 Å². The minimum atomic E-state index is -0.693. The lowest BCUT2D eigenvalue weighted by Gasteiger charge is -2.11. The van der Waals surface area contributed by atoms with E-state index in [0.717, 1.165) is 29.5 Å². The zero-order valence-electron chi connectivity index (χ0n) is 11.3. The average Bonchev–Trinajstić information content (AvgIpc) is 2.34. The summed E-state index contributed by atoms with van der Waals surface area (Å²) in [4.78, 5) is 0. The molecule has 2 N–H and O–H groups in total. The first-order valence-electron chi connectivity index (χ1n) is 6.36. The van der Waals surface area contributed by atoms with Gasteiger partial charge in [-0.15, -0.1) is 0 Å². The number of allylic oxidation sites excluding steroid dienone is 1. The molecule has 3 rings (SSSR count). The number of nitrogen functional groups attached to an aromatic ring is 1. The molecule has 0 amide bonds. The Morgan fingerprint density at radius 3 is 2.33 bits per heavy atom. The van der Waals surface area contributed by atoms with Crippen molar-refractivity contribution in [3.8, 4) is 11.5 Å². The summed E-state index contributed by atoms with van der Waals surface area (Å²) in [5.74, 6) is -0.871. The molecule has 2 aromatic rings. The smallest absolute Gasteiger partial charge is 0.253 e. The van der Waals surface area contributed by atoms with E-state index >= 15 is 0 Å². The fraction of sp³-hybridized carbons (Fsp3) is 0.0625. The van der Waals surface area contributed by atoms with Gasteiger partial charge in [0.25, 0.3) is 5.69 Å². The van der Waals surface area contributed by atoms with E-state index in [1.165, 1.54) is 0 Å². The molecule has 2 aromatic carbocycles. The number of nitrogens with two attached hydrogens (primary N) is 1. The maximum Gasteiger partial charge on any atom is 0.253 e. The summed E-state index contributed by atoms with van der Waals surface area (Å²) in [7, 11) is 0. The van der Waals surface area contributed by atoms with Gasteiger partial charge in [0.1, 0.15) is 17.4 Å². The normalized spacial score (nSPS) is 13.3. The number of halogens is 2. The molecule has 106 valence electrons. The quantitative estimate of drug-likeness (QED) is 0.685. The summed E-state index contributed by atoms with van der Waals surface area (Å²) in [6.45, 7) is 1.97. The van der Waals surface area contributed by atoms with Crippen LogP contribution in [0.1, 0.15) is 6.92 Å². The van der Waals surface area contributed by atoms with Crippen LogP contribution in [0.25, 0.3) is 0 Å². The van der Waals surface area contributed by atoms with Gasteiger partial charge in [0, 0.05) is 36.0 Å². The van der Waals surface area contributed by atoms with Crippen molar-refractivity contribution in [1.82, 2.24) is 0 Å². The second-order valence-corrected chi connectivity index (χ2v) is 4.84. The molecule has 3 nitrogen and oxygen atoms in total. The summed E-state index contributed by atoms with van der Waals surface area (Å²) in [5.41, 5.74) is 8.13. The summed E-state index contributed by atoms with van der Waals surface area (Å²) in [6.07, 6.45) is 3.84. The number of hydrogen-bond donors (Lipinski definition) is 1. The Bertz CT molecular complexity index is 762. The van der Waals surface area contributed by atoms with Gasteiger partial charge in [-0.05, 0) is 13.0 Å². The molecular weight excluding hydrogens is 274 g/mol. The van der Waals surface area contributed by atoms with Crippen molar-refractivity contribution >= 4 is 17.6 Å². The lowest BCUT2D eigenvalue weighted by Crippen LogP contribution is -2.11. The Morgan fingerprint density at radius 1 is 1.05 bits per heavy atom. The fourth-order valence-corrected chi connectivity index (χ4v) is 2.11. The molecule has 0 fully saturated rings. The Kier molecular flexibility index (Phi) is 3.17. The molecule has 0 spiro atoms. The highest BCUT2D eigenvalue weighted by atomic mass is 19.1. The van der Waals surface area contributed by atoms with Gasteiger partial charge in [-0.25, -0.2) is 8.78 Å². The zero-order chi connectivity index (χ0) is 15.0. The first-order valence-corrected chi connectivity index (χ1v) is 6.36. The van der Waals surface area contributed by atoms with Gasteiger partial charge < -0.3 is 10.5 Å². The van der Waals surface area contributed by atoms with Crippen LogP contribution in [0.15, 0.2) is 48.2 Å². The molecule has 0 aliphatic carbocycles. The zero-order valence-corrected chi connectivity index (χ0v) is 11.3. The molecular formula is C16H13F2N2O+. The molecule has 0 unspecified atom stereocenters. The summed E-state index contributed by atoms with van der Waals surface area (Å²) < 4.78 is 33.9. The van der Waals surface area contributed by atoms with Crippen LogP contribution in [-0.4, -0.2) is 10.8 Å². The van der Waals surface area contributed by atoms with E-state index in [0.29, 0.717) is 11.4 Å². The van der Waals surface area contributed by atoms with E-state index in [1.54, 1.807) is 18.2 Å². The van der Waals surface area contributed by atoms with Crippen molar-refractivity contribution in [2.45, 2.75) is 6.92 Å². The monoisotopic (exact) mass is 287 g/mol. The molecule has 5 heteroatoms. The number of anilines is 1. The van der Waals surface area contributed by atoms with Gasteiger partial charge in [0.05, 0.1) is 5.57 Å². The predicted octanol–water partition coefficient (Wildman–Crippen LogP) is 3.97. The second-order valence-electron chi connectivity index (χ2n) is 4.84. The second kappa shape index (κ2) is 5.01. The molecule has 21 heavy (non-hydrogen) atoms. The molecule has 0 saturated carbocycles. The van der Waals surface area contributed by atoms with Crippen LogP contribution in [0.3, 0.4) is 0 Å². The summed E-state index contributed by atoms with van der Waals surface area (Å²) >= 11 is 0. The molecule has 0 bridgehead atoms. The predicted molar refractivity (Wildman–Crippen MR) is 77.0 cm³/mol. The third-order valence-electron chi connectivity index (χ3n) is 3.01. The standard InChI is InChI=1S/C16H13F2N2O/c1-10-8-20(9-10)15-3-2-13(19)7-16(15)21-14-5-11(17)4-12(18)6-14/h2-9H,19H2,1H3/q+1. The summed E-state index contributed by atoms with van der Waals surface area (Å²) in [5, 5.41) is 0. The first-order chi connectivity index (χ1) is 10.0. The fourth-order valence-electron chi connectivity index (χ4n) is 2.11. The van der Waals surface area contributed by atoms with Crippen molar-refractivity contribution < 1.29 is 18.1 Å². The van der Waals surface area contributed by atoms with Gasteiger partial charge >= 0.3 is 0 Å². The lowest BCUT2D eigenvalue weighted by molar-refractivity contribution is -0.368. The Labute approximate surface area is 120 Å². The van der Waals surface area contributed by atoms with Crippen molar-refractivity contribution in [2.75, 3.05) is 5.73 Å². The van der Waals surface area contributed by atoms with E-state index < -0.39 is 11.6 Å². The van der Waals surface area contributed by atoms with Crippen LogP contribution in [0.5, 0.6) is 11.5 Å². The topological polar surface area (TPSA) is 38.3 Å². The Balaban J connectivity index is 1.97. The maximum atomic E-state index is 13.2. The van der Waals surface area contributed by atoms with Crippen LogP contribution in [0, 0.1) is 11.6 Å². The number of rotatable bonds is 3. The highest BCUT2D eigenvalue weighted by molar-refractivity contribution is 5.79. The van der Waals surface area contributed by atoms with E-state index in [2.05, 4.69) is 0 Å². The van der Waals surface area contributed by atoms with Crippen LogP contribution in [0.4, 0.5) is 20.2 Å². The SMILES string of the molecule is CC1=C[N+](c2ccc(N)cc2Oc2cc(F)cc(F)c2)=C1. The van der Waals surface area contributed by atoms with Crippen LogP contribution >= 0.6 is 0 Å². The third kappa shape index (κ3) is 2.76. The van der Waals surface area contributed by atoms with E-state index in [9.17, 15) is 8.78 Å². The van der Waals surface area contributed by atoms with E-state index in [4.69, 9.17) is 10.5 Å². The highest BCUT2D eigenvalue weighted by Gasteiger charge is 2.22. The molecule has 1 aliphatic heterocycles. The van der Waals surface area contributed by atoms with Crippen molar-refractivity contribution in [3.05, 3.63) is 59.8 Å². The Morgan fingerprint density at radius 2 is 1.71 bits per heavy atom. The molecule has 0 radical (unpaired) electrons. The number of benzene rings is 2. The molecule has 0 atom stereocenters.